The van der Waals surface area contributed by atoms with Crippen molar-refractivity contribution in [2.45, 2.75) is 127 Å². The van der Waals surface area contributed by atoms with Gasteiger partial charge in [0.25, 0.3) is 0 Å². The largest absolute Gasteiger partial charge is 0.456 e. The Bertz CT molecular complexity index is 2140. The summed E-state index contributed by atoms with van der Waals surface area (Å²) in [6.07, 6.45) is -18.7. The standard InChI is InChI=1S/C43H49F4NO14/c1-20-25(59-36(55)31(52)29(22-13-15-24(44)16-14-22)48-37(56)62-39(5,6)43(45,46)47)18-42(57)34(60-35(54)23-11-9-8-10-12-23)32-40(7,33(53)30(51)28(20)38(42,3)4)26(50)17-27-41(32,19-58-27)61-21(2)49/h8-16,25-27,29-32,34,50-52,57H,17-19H2,1-7H3,(H,48,56)/t25-,26-,27+,29-,30+,31+,32-,34-,40+,41-,42+/m0/s1. The summed E-state index contributed by atoms with van der Waals surface area (Å²) in [5.74, 6) is -6.86. The Hall–Kier alpha value is -4.95. The van der Waals surface area contributed by atoms with E-state index in [0.717, 1.165) is 31.2 Å². The van der Waals surface area contributed by atoms with E-state index in [0.29, 0.717) is 13.8 Å². The predicted molar refractivity (Wildman–Crippen MR) is 204 cm³/mol. The molecule has 2 aromatic rings. The van der Waals surface area contributed by atoms with Crippen LogP contribution in [0.1, 0.15) is 83.3 Å². The van der Waals surface area contributed by atoms with Crippen LogP contribution in [0.3, 0.4) is 0 Å². The van der Waals surface area contributed by atoms with Gasteiger partial charge in [-0.1, -0.05) is 44.2 Å². The Morgan fingerprint density at radius 1 is 0.968 bits per heavy atom. The number of nitrogens with one attached hydrogen (secondary N) is 1. The number of benzene rings is 2. The highest BCUT2D eigenvalue weighted by molar-refractivity contribution is 5.94. The normalized spacial score (nSPS) is 32.6. The Balaban J connectivity index is 1.47. The van der Waals surface area contributed by atoms with Crippen molar-refractivity contribution in [2.75, 3.05) is 6.61 Å². The van der Waals surface area contributed by atoms with Crippen molar-refractivity contribution in [1.29, 1.82) is 0 Å². The number of aliphatic hydroxyl groups is 4. The molecule has 3 fully saturated rings. The van der Waals surface area contributed by atoms with E-state index in [-0.39, 0.29) is 35.3 Å². The Labute approximate surface area is 353 Å². The van der Waals surface area contributed by atoms with Crippen molar-refractivity contribution in [3.8, 4) is 0 Å². The number of carbonyl (C=O) groups excluding carboxylic acids is 5. The number of ketones is 1. The van der Waals surface area contributed by atoms with Gasteiger partial charge in [0.2, 0.25) is 5.60 Å². The van der Waals surface area contributed by atoms with E-state index in [1.807, 2.05) is 5.32 Å². The molecule has 11 atom stereocenters. The molecule has 2 aromatic carbocycles. The summed E-state index contributed by atoms with van der Waals surface area (Å²) in [4.78, 5) is 68.8. The molecule has 0 unspecified atom stereocenters. The van der Waals surface area contributed by atoms with Crippen LogP contribution in [0, 0.1) is 22.6 Å². The van der Waals surface area contributed by atoms with Gasteiger partial charge in [0.15, 0.2) is 17.5 Å². The molecule has 1 saturated heterocycles. The maximum Gasteiger partial charge on any atom is 0.427 e. The van der Waals surface area contributed by atoms with E-state index in [2.05, 4.69) is 4.74 Å². The number of esters is 3. The van der Waals surface area contributed by atoms with E-state index in [4.69, 9.17) is 18.9 Å². The van der Waals surface area contributed by atoms with Gasteiger partial charge >= 0.3 is 30.2 Å². The first kappa shape index (κ1) is 46.6. The van der Waals surface area contributed by atoms with Gasteiger partial charge in [0.1, 0.15) is 35.8 Å². The third-order valence-corrected chi connectivity index (χ3v) is 13.3. The summed E-state index contributed by atoms with van der Waals surface area (Å²) in [6, 6.07) is 9.43. The van der Waals surface area contributed by atoms with E-state index >= 15 is 0 Å². The molecule has 2 saturated carbocycles. The first-order chi connectivity index (χ1) is 28.6. The van der Waals surface area contributed by atoms with E-state index in [9.17, 15) is 62.0 Å². The lowest BCUT2D eigenvalue weighted by Gasteiger charge is -2.67. The van der Waals surface area contributed by atoms with Crippen LogP contribution in [0.2, 0.25) is 0 Å². The molecule has 1 aliphatic heterocycles. The highest BCUT2D eigenvalue weighted by Crippen LogP contribution is 2.64. The number of alkyl carbamates (subject to hydrolysis) is 1. The maximum atomic E-state index is 14.9. The van der Waals surface area contributed by atoms with Crippen LogP contribution >= 0.6 is 0 Å². The second kappa shape index (κ2) is 16.0. The Kier molecular flexibility index (Phi) is 12.0. The smallest absolute Gasteiger partial charge is 0.427 e. The monoisotopic (exact) mass is 879 g/mol. The van der Waals surface area contributed by atoms with Gasteiger partial charge in [0, 0.05) is 25.2 Å². The molecule has 6 rings (SSSR count). The molecular formula is C43H49F4NO14. The second-order valence-electron chi connectivity index (χ2n) is 17.6. The lowest BCUT2D eigenvalue weighted by molar-refractivity contribution is -0.346. The van der Waals surface area contributed by atoms with Crippen LogP contribution in [-0.4, -0.2) is 116 Å². The number of ether oxygens (including phenoxy) is 5. The summed E-state index contributed by atoms with van der Waals surface area (Å²) >= 11 is 0. The highest BCUT2D eigenvalue weighted by Gasteiger charge is 2.78. The minimum atomic E-state index is -5.04. The van der Waals surface area contributed by atoms with E-state index in [1.165, 1.54) is 52.0 Å². The van der Waals surface area contributed by atoms with Crippen LogP contribution in [0.4, 0.5) is 22.4 Å². The van der Waals surface area contributed by atoms with Crippen LogP contribution in [0.15, 0.2) is 65.7 Å². The molecule has 4 aliphatic rings. The van der Waals surface area contributed by atoms with Crippen molar-refractivity contribution in [3.63, 3.8) is 0 Å². The summed E-state index contributed by atoms with van der Waals surface area (Å²) in [7, 11) is 0. The van der Waals surface area contributed by atoms with Crippen LogP contribution in [-0.2, 0) is 38.1 Å². The van der Waals surface area contributed by atoms with Crippen molar-refractivity contribution in [1.82, 2.24) is 5.32 Å². The molecular weight excluding hydrogens is 830 g/mol. The van der Waals surface area contributed by atoms with Crippen molar-refractivity contribution < 1.29 is 85.6 Å². The Morgan fingerprint density at radius 3 is 2.13 bits per heavy atom. The number of halogens is 4. The van der Waals surface area contributed by atoms with Crippen LogP contribution < -0.4 is 5.32 Å². The van der Waals surface area contributed by atoms with Gasteiger partial charge in [-0.2, -0.15) is 13.2 Å². The number of aliphatic hydroxyl groups excluding tert-OH is 3. The number of hydrogen-bond acceptors (Lipinski definition) is 14. The summed E-state index contributed by atoms with van der Waals surface area (Å²) < 4.78 is 83.1. The first-order valence-corrected chi connectivity index (χ1v) is 19.8. The molecule has 338 valence electrons. The molecule has 5 N–H and O–H groups in total. The zero-order chi connectivity index (χ0) is 46.1. The van der Waals surface area contributed by atoms with Gasteiger partial charge in [-0.25, -0.2) is 18.8 Å². The minimum absolute atomic E-state index is 0.00586. The maximum absolute atomic E-state index is 14.9. The molecule has 62 heavy (non-hydrogen) atoms. The lowest BCUT2D eigenvalue weighted by Crippen LogP contribution is -2.81. The lowest BCUT2D eigenvalue weighted by atomic mass is 9.44. The number of hydrogen-bond donors (Lipinski definition) is 5. The number of amides is 1. The summed E-state index contributed by atoms with van der Waals surface area (Å²) in [6.45, 7) is 7.38. The molecule has 0 radical (unpaired) electrons. The minimum Gasteiger partial charge on any atom is -0.456 e. The number of carbonyl (C=O) groups is 5. The number of fused-ring (bicyclic) bond motifs is 5. The number of rotatable bonds is 9. The second-order valence-corrected chi connectivity index (χ2v) is 17.6. The molecule has 19 heteroatoms. The zero-order valence-corrected chi connectivity index (χ0v) is 34.8. The molecule has 0 aromatic heterocycles. The summed E-state index contributed by atoms with van der Waals surface area (Å²) in [5, 5.41) is 50.9. The van der Waals surface area contributed by atoms with Crippen molar-refractivity contribution in [3.05, 3.63) is 82.7 Å². The fourth-order valence-corrected chi connectivity index (χ4v) is 9.58. The van der Waals surface area contributed by atoms with Gasteiger partial charge in [0.05, 0.1) is 35.6 Å². The number of alkyl halides is 3. The highest BCUT2D eigenvalue weighted by atomic mass is 19.4. The van der Waals surface area contributed by atoms with Gasteiger partial charge < -0.3 is 49.4 Å². The molecule has 0 spiro atoms. The fraction of sp³-hybridized carbons (Fsp3) is 0.558. The average molecular weight is 880 g/mol. The van der Waals surface area contributed by atoms with E-state index < -0.39 is 124 Å². The molecule has 1 amide bonds. The molecule has 1 heterocycles. The molecule has 3 aliphatic carbocycles. The van der Waals surface area contributed by atoms with Gasteiger partial charge in [-0.3, -0.25) is 9.59 Å². The van der Waals surface area contributed by atoms with Crippen LogP contribution in [0.25, 0.3) is 0 Å². The third kappa shape index (κ3) is 7.54. The predicted octanol–water partition coefficient (Wildman–Crippen LogP) is 3.94. The topological polar surface area (TPSA) is 224 Å². The molecule has 2 bridgehead atoms. The average Bonchev–Trinajstić information content (AvgIpc) is 3.18. The Morgan fingerprint density at radius 2 is 1.58 bits per heavy atom. The van der Waals surface area contributed by atoms with Gasteiger partial charge in [-0.15, -0.1) is 0 Å². The van der Waals surface area contributed by atoms with Crippen molar-refractivity contribution in [2.24, 2.45) is 16.7 Å². The summed E-state index contributed by atoms with van der Waals surface area (Å²) in [5.41, 5.74) is -11.7. The SMILES string of the molecule is CC(=O)O[C@@]12CO[C@@H]1C[C@H](O)[C@@]1(C)C(=O)[C@H](O)C3=C(C)[C@@H](OC(=O)[C@H](O)[C@@H](NC(=O)OC(C)(C)C(F)(F)F)c4ccc(F)cc4)C[C@@](O)([C@@H](OC(=O)c4ccccc4)[C@H]21)C3(C)C. The first-order valence-electron chi connectivity index (χ1n) is 19.8. The molecule has 15 nitrogen and oxygen atoms in total. The van der Waals surface area contributed by atoms with Crippen LogP contribution in [0.5, 0.6) is 0 Å². The number of Topliss-reactive ketones (excluding diaryl/α,β-unsaturated/α-hetero) is 1. The zero-order valence-electron chi connectivity index (χ0n) is 34.8. The van der Waals surface area contributed by atoms with E-state index in [1.54, 1.807) is 6.07 Å². The van der Waals surface area contributed by atoms with Gasteiger partial charge in [-0.05, 0) is 68.7 Å². The van der Waals surface area contributed by atoms with Crippen molar-refractivity contribution >= 4 is 29.8 Å². The fourth-order valence-electron chi connectivity index (χ4n) is 9.58. The quantitative estimate of drug-likeness (QED) is 0.104. The third-order valence-electron chi connectivity index (χ3n) is 13.3.